The van der Waals surface area contributed by atoms with Crippen molar-refractivity contribution in [2.75, 3.05) is 11.9 Å². The molecule has 0 radical (unpaired) electrons. The highest BCUT2D eigenvalue weighted by Crippen LogP contribution is 2.33. The minimum atomic E-state index is -0.780. The number of hydrogen-bond acceptors (Lipinski definition) is 3. The molecule has 1 aromatic rings. The molecule has 1 aromatic carbocycles. The average Bonchev–Trinajstić information content (AvgIpc) is 2.62. The SMILES string of the molecule is CC(=O)N1c2ccccc2C(=O)[C@@H]1N(C)C(N)=S. The van der Waals surface area contributed by atoms with E-state index >= 15 is 0 Å². The molecule has 0 bridgehead atoms. The number of hydrogen-bond donors (Lipinski definition) is 1. The molecular weight excluding hydrogens is 250 g/mol. The number of likely N-dealkylation sites (N-methyl/N-ethyl adjacent to an activating group) is 1. The summed E-state index contributed by atoms with van der Waals surface area (Å²) in [4.78, 5) is 26.9. The van der Waals surface area contributed by atoms with Crippen LogP contribution in [0.3, 0.4) is 0 Å². The highest BCUT2D eigenvalue weighted by molar-refractivity contribution is 7.80. The van der Waals surface area contributed by atoms with Crippen LogP contribution in [0.25, 0.3) is 0 Å². The fraction of sp³-hybridized carbons (Fsp3) is 0.250. The van der Waals surface area contributed by atoms with E-state index in [2.05, 4.69) is 0 Å². The van der Waals surface area contributed by atoms with Crippen molar-refractivity contribution in [1.82, 2.24) is 4.90 Å². The van der Waals surface area contributed by atoms with Crippen molar-refractivity contribution in [2.24, 2.45) is 5.73 Å². The van der Waals surface area contributed by atoms with Gasteiger partial charge in [0.15, 0.2) is 11.3 Å². The van der Waals surface area contributed by atoms with Crippen LogP contribution in [0.1, 0.15) is 17.3 Å². The molecule has 0 fully saturated rings. The fourth-order valence-electron chi connectivity index (χ4n) is 2.09. The van der Waals surface area contributed by atoms with Crippen LogP contribution in [-0.2, 0) is 4.79 Å². The molecule has 1 amide bonds. The lowest BCUT2D eigenvalue weighted by molar-refractivity contribution is -0.117. The molecule has 0 saturated carbocycles. The van der Waals surface area contributed by atoms with Crippen molar-refractivity contribution < 1.29 is 9.59 Å². The summed E-state index contributed by atoms with van der Waals surface area (Å²) in [5.74, 6) is -0.391. The topological polar surface area (TPSA) is 66.6 Å². The number of rotatable bonds is 1. The second-order valence-electron chi connectivity index (χ2n) is 4.09. The Bertz CT molecular complexity index is 544. The summed E-state index contributed by atoms with van der Waals surface area (Å²) in [6.45, 7) is 1.41. The summed E-state index contributed by atoms with van der Waals surface area (Å²) in [7, 11) is 1.60. The van der Waals surface area contributed by atoms with Gasteiger partial charge in [-0.3, -0.25) is 14.5 Å². The lowest BCUT2D eigenvalue weighted by Gasteiger charge is -2.30. The number of nitrogens with two attached hydrogens (primary N) is 1. The summed E-state index contributed by atoms with van der Waals surface area (Å²) in [6, 6.07) is 6.98. The van der Waals surface area contributed by atoms with Gasteiger partial charge in [-0.2, -0.15) is 0 Å². The highest BCUT2D eigenvalue weighted by atomic mass is 32.1. The summed E-state index contributed by atoms with van der Waals surface area (Å²) in [6.07, 6.45) is -0.780. The predicted octanol–water partition coefficient (Wildman–Crippen LogP) is 0.737. The maximum atomic E-state index is 12.3. The van der Waals surface area contributed by atoms with Gasteiger partial charge in [0.1, 0.15) is 0 Å². The van der Waals surface area contributed by atoms with Gasteiger partial charge in [-0.05, 0) is 24.4 Å². The summed E-state index contributed by atoms with van der Waals surface area (Å²) >= 11 is 4.87. The zero-order valence-corrected chi connectivity index (χ0v) is 10.9. The van der Waals surface area contributed by atoms with Crippen LogP contribution in [0.2, 0.25) is 0 Å². The Labute approximate surface area is 110 Å². The first kappa shape index (κ1) is 12.5. The van der Waals surface area contributed by atoms with Gasteiger partial charge in [0, 0.05) is 19.5 Å². The maximum Gasteiger partial charge on any atom is 0.225 e. The first-order valence-electron chi connectivity index (χ1n) is 5.40. The third kappa shape index (κ3) is 1.74. The molecule has 6 heteroatoms. The number of thiocarbonyl (C=S) groups is 1. The molecule has 1 heterocycles. The number of benzene rings is 1. The van der Waals surface area contributed by atoms with Crippen LogP contribution < -0.4 is 10.6 Å². The van der Waals surface area contributed by atoms with Gasteiger partial charge in [0.2, 0.25) is 11.7 Å². The van der Waals surface area contributed by atoms with Crippen LogP contribution in [-0.4, -0.2) is 34.9 Å². The molecule has 0 unspecified atom stereocenters. The molecule has 2 rings (SSSR count). The lowest BCUT2D eigenvalue weighted by Crippen LogP contribution is -2.53. The molecule has 5 nitrogen and oxygen atoms in total. The largest absolute Gasteiger partial charge is 0.376 e. The summed E-state index contributed by atoms with van der Waals surface area (Å²) in [5, 5.41) is 0.0763. The van der Waals surface area contributed by atoms with Gasteiger partial charge in [0.25, 0.3) is 0 Å². The van der Waals surface area contributed by atoms with Gasteiger partial charge in [0.05, 0.1) is 5.69 Å². The molecule has 18 heavy (non-hydrogen) atoms. The third-order valence-corrected chi connectivity index (χ3v) is 3.25. The molecule has 1 aliphatic rings. The Morgan fingerprint density at radius 3 is 2.61 bits per heavy atom. The molecule has 0 spiro atoms. The van der Waals surface area contributed by atoms with Crippen molar-refractivity contribution in [2.45, 2.75) is 13.1 Å². The molecule has 2 N–H and O–H groups in total. The monoisotopic (exact) mass is 263 g/mol. The Kier molecular flexibility index (Phi) is 3.04. The molecule has 1 atom stereocenters. The molecule has 0 saturated heterocycles. The van der Waals surface area contributed by atoms with Crippen LogP contribution in [0.15, 0.2) is 24.3 Å². The molecule has 94 valence electrons. The van der Waals surface area contributed by atoms with Crippen molar-refractivity contribution >= 4 is 34.7 Å². The minimum Gasteiger partial charge on any atom is -0.376 e. The smallest absolute Gasteiger partial charge is 0.225 e. The Morgan fingerprint density at radius 1 is 1.44 bits per heavy atom. The molecule has 0 aliphatic carbocycles. The Morgan fingerprint density at radius 2 is 2.06 bits per heavy atom. The van der Waals surface area contributed by atoms with Crippen molar-refractivity contribution in [1.29, 1.82) is 0 Å². The molecular formula is C12H13N3O2S. The first-order valence-corrected chi connectivity index (χ1v) is 5.81. The van der Waals surface area contributed by atoms with E-state index in [4.69, 9.17) is 18.0 Å². The van der Waals surface area contributed by atoms with Gasteiger partial charge < -0.3 is 10.6 Å². The third-order valence-electron chi connectivity index (χ3n) is 2.96. The fourth-order valence-corrected chi connectivity index (χ4v) is 2.19. The lowest BCUT2D eigenvalue weighted by atomic mass is 10.1. The molecule has 1 aliphatic heterocycles. The zero-order chi connectivity index (χ0) is 13.4. The van der Waals surface area contributed by atoms with Crippen LogP contribution in [0.5, 0.6) is 0 Å². The van der Waals surface area contributed by atoms with E-state index in [1.165, 1.54) is 16.7 Å². The number of fused-ring (bicyclic) bond motifs is 1. The van der Waals surface area contributed by atoms with Gasteiger partial charge >= 0.3 is 0 Å². The van der Waals surface area contributed by atoms with Crippen LogP contribution in [0.4, 0.5) is 5.69 Å². The van der Waals surface area contributed by atoms with E-state index in [1.807, 2.05) is 0 Å². The number of carbonyl (C=O) groups is 2. The number of anilines is 1. The maximum absolute atomic E-state index is 12.3. The van der Waals surface area contributed by atoms with Gasteiger partial charge in [-0.15, -0.1) is 0 Å². The van der Waals surface area contributed by atoms with E-state index in [0.29, 0.717) is 11.3 Å². The number of nitrogens with zero attached hydrogens (tertiary/aromatic N) is 2. The van der Waals surface area contributed by atoms with Crippen molar-refractivity contribution in [3.8, 4) is 0 Å². The number of amides is 1. The normalized spacial score (nSPS) is 17.6. The second-order valence-corrected chi connectivity index (χ2v) is 4.51. The summed E-state index contributed by atoms with van der Waals surface area (Å²) in [5.41, 5.74) is 6.66. The average molecular weight is 263 g/mol. The van der Waals surface area contributed by atoms with Crippen molar-refractivity contribution in [3.05, 3.63) is 29.8 Å². The zero-order valence-electron chi connectivity index (χ0n) is 10.1. The minimum absolute atomic E-state index is 0.0763. The van der Waals surface area contributed by atoms with Crippen LogP contribution >= 0.6 is 12.2 Å². The van der Waals surface area contributed by atoms with Crippen molar-refractivity contribution in [3.63, 3.8) is 0 Å². The van der Waals surface area contributed by atoms with E-state index in [-0.39, 0.29) is 16.8 Å². The number of ketones is 1. The number of carbonyl (C=O) groups excluding carboxylic acids is 2. The quantitative estimate of drug-likeness (QED) is 0.757. The first-order chi connectivity index (χ1) is 8.45. The van der Waals surface area contributed by atoms with Crippen LogP contribution in [0, 0.1) is 0 Å². The van der Waals surface area contributed by atoms with E-state index in [1.54, 1.807) is 31.3 Å². The number of para-hydroxylation sites is 1. The second kappa shape index (κ2) is 4.38. The van der Waals surface area contributed by atoms with Gasteiger partial charge in [-0.1, -0.05) is 12.1 Å². The van der Waals surface area contributed by atoms with E-state index in [0.717, 1.165) is 0 Å². The Balaban J connectivity index is 2.54. The van der Waals surface area contributed by atoms with E-state index in [9.17, 15) is 9.59 Å². The molecule has 0 aromatic heterocycles. The predicted molar refractivity (Wildman–Crippen MR) is 72.3 cm³/mol. The van der Waals surface area contributed by atoms with Gasteiger partial charge in [-0.25, -0.2) is 0 Å². The standard InChI is InChI=1S/C12H13N3O2S/c1-7(16)15-9-6-4-3-5-8(9)10(17)11(15)14(2)12(13)18/h3-6,11H,1-2H3,(H2,13,18)/t11-/m1/s1. The van der Waals surface area contributed by atoms with E-state index < -0.39 is 6.17 Å². The number of Topliss-reactive ketones (excluding diaryl/α,β-unsaturated/α-hetero) is 1. The Hall–Kier alpha value is -1.95. The summed E-state index contributed by atoms with van der Waals surface area (Å²) < 4.78 is 0. The highest BCUT2D eigenvalue weighted by Gasteiger charge is 2.42.